The summed E-state index contributed by atoms with van der Waals surface area (Å²) in [5.74, 6) is 0.392. The van der Waals surface area contributed by atoms with Crippen molar-refractivity contribution in [3.05, 3.63) is 29.0 Å². The second-order valence-corrected chi connectivity index (χ2v) is 5.16. The maximum absolute atomic E-state index is 5.88. The molecule has 4 rings (SSSR count). The molecule has 3 N–H and O–H groups in total. The van der Waals surface area contributed by atoms with Crippen molar-refractivity contribution >= 4 is 18.3 Å². The van der Waals surface area contributed by atoms with E-state index in [4.69, 9.17) is 15.4 Å². The molecule has 0 aromatic carbocycles. The number of anilines is 1. The summed E-state index contributed by atoms with van der Waals surface area (Å²) in [6, 6.07) is 0. The molecule has 0 saturated heterocycles. The van der Waals surface area contributed by atoms with Gasteiger partial charge in [0.15, 0.2) is 0 Å². The van der Waals surface area contributed by atoms with Crippen LogP contribution in [0.5, 0.6) is 0 Å². The Morgan fingerprint density at radius 1 is 1.35 bits per heavy atom. The zero-order valence-corrected chi connectivity index (χ0v) is 11.8. The topological polar surface area (TPSA) is 81.9 Å². The highest BCUT2D eigenvalue weighted by Crippen LogP contribution is 2.36. The van der Waals surface area contributed by atoms with E-state index in [2.05, 4.69) is 17.1 Å². The lowest BCUT2D eigenvalue weighted by Gasteiger charge is -2.12. The molecule has 7 heteroatoms. The number of rotatable bonds is 0. The van der Waals surface area contributed by atoms with Crippen molar-refractivity contribution in [1.29, 1.82) is 0 Å². The van der Waals surface area contributed by atoms with E-state index in [-0.39, 0.29) is 12.4 Å². The van der Waals surface area contributed by atoms with Gasteiger partial charge < -0.3 is 15.6 Å². The largest absolute Gasteiger partial charge is 0.367 e. The van der Waals surface area contributed by atoms with Gasteiger partial charge in [-0.25, -0.2) is 0 Å². The van der Waals surface area contributed by atoms with E-state index < -0.39 is 0 Å². The predicted octanol–water partition coefficient (Wildman–Crippen LogP) is 1.30. The van der Waals surface area contributed by atoms with Crippen LogP contribution in [-0.2, 0) is 25.9 Å². The van der Waals surface area contributed by atoms with Gasteiger partial charge in [0, 0.05) is 31.5 Å². The first-order chi connectivity index (χ1) is 9.24. The van der Waals surface area contributed by atoms with Crippen molar-refractivity contribution < 1.29 is 4.52 Å². The number of nitrogen functional groups attached to an aromatic ring is 1. The van der Waals surface area contributed by atoms with E-state index in [0.717, 1.165) is 54.3 Å². The highest BCUT2D eigenvalue weighted by atomic mass is 35.5. The van der Waals surface area contributed by atoms with E-state index >= 15 is 0 Å². The molecule has 2 aliphatic rings. The summed E-state index contributed by atoms with van der Waals surface area (Å²) in [5, 5.41) is 12.2. The summed E-state index contributed by atoms with van der Waals surface area (Å²) in [4.78, 5) is 0. The minimum atomic E-state index is 0. The third-order valence-electron chi connectivity index (χ3n) is 3.82. The molecule has 0 aliphatic carbocycles. The summed E-state index contributed by atoms with van der Waals surface area (Å²) in [7, 11) is 0. The summed E-state index contributed by atoms with van der Waals surface area (Å²) < 4.78 is 7.16. The Bertz CT molecular complexity index is 687. The van der Waals surface area contributed by atoms with Gasteiger partial charge in [0.05, 0.1) is 23.5 Å². The Hall–Kier alpha value is -1.79. The SMILES string of the molecule is C=C1Cc2c(noc2N)-c2c3c(nn2C1)CCNC3.Cl. The first-order valence-electron chi connectivity index (χ1n) is 6.44. The first-order valence-corrected chi connectivity index (χ1v) is 6.44. The second kappa shape index (κ2) is 4.64. The number of nitrogens with zero attached hydrogens (tertiary/aromatic N) is 3. The maximum atomic E-state index is 5.88. The van der Waals surface area contributed by atoms with Crippen LogP contribution < -0.4 is 11.1 Å². The average Bonchev–Trinajstić information content (AvgIpc) is 2.87. The second-order valence-electron chi connectivity index (χ2n) is 5.16. The van der Waals surface area contributed by atoms with Gasteiger partial charge in [-0.1, -0.05) is 17.3 Å². The maximum Gasteiger partial charge on any atom is 0.226 e. The molecule has 0 spiro atoms. The lowest BCUT2D eigenvalue weighted by molar-refractivity contribution is 0.437. The van der Waals surface area contributed by atoms with E-state index in [1.54, 1.807) is 0 Å². The number of aromatic nitrogens is 3. The predicted molar refractivity (Wildman–Crippen MR) is 77.6 cm³/mol. The molecule has 0 radical (unpaired) electrons. The van der Waals surface area contributed by atoms with E-state index in [0.29, 0.717) is 12.3 Å². The summed E-state index contributed by atoms with van der Waals surface area (Å²) in [5.41, 5.74) is 12.1. The molecule has 20 heavy (non-hydrogen) atoms. The van der Waals surface area contributed by atoms with Crippen molar-refractivity contribution in [2.75, 3.05) is 12.3 Å². The molecule has 2 aliphatic heterocycles. The molecule has 0 bridgehead atoms. The molecular weight excluding hydrogens is 278 g/mol. The van der Waals surface area contributed by atoms with Gasteiger partial charge in [-0.05, 0) is 0 Å². The molecule has 6 nitrogen and oxygen atoms in total. The van der Waals surface area contributed by atoms with Crippen LogP contribution in [0.3, 0.4) is 0 Å². The van der Waals surface area contributed by atoms with Gasteiger partial charge in [0.25, 0.3) is 0 Å². The Labute approximate surface area is 122 Å². The van der Waals surface area contributed by atoms with Crippen molar-refractivity contribution in [2.45, 2.75) is 25.9 Å². The number of hydrogen-bond donors (Lipinski definition) is 2. The van der Waals surface area contributed by atoms with Crippen LogP contribution in [0.25, 0.3) is 11.4 Å². The van der Waals surface area contributed by atoms with Gasteiger partial charge >= 0.3 is 0 Å². The molecular formula is C13H16ClN5O. The fourth-order valence-corrected chi connectivity index (χ4v) is 2.93. The molecule has 0 saturated carbocycles. The van der Waals surface area contributed by atoms with Gasteiger partial charge in [-0.2, -0.15) is 5.10 Å². The molecule has 106 valence electrons. The Morgan fingerprint density at radius 3 is 3.05 bits per heavy atom. The minimum absolute atomic E-state index is 0. The van der Waals surface area contributed by atoms with Gasteiger partial charge in [-0.3, -0.25) is 4.68 Å². The summed E-state index contributed by atoms with van der Waals surface area (Å²) >= 11 is 0. The lowest BCUT2D eigenvalue weighted by atomic mass is 10.0. The van der Waals surface area contributed by atoms with Gasteiger partial charge in [0.1, 0.15) is 5.69 Å². The van der Waals surface area contributed by atoms with Crippen molar-refractivity contribution in [2.24, 2.45) is 0 Å². The zero-order valence-electron chi connectivity index (χ0n) is 11.0. The zero-order chi connectivity index (χ0) is 13.0. The highest BCUT2D eigenvalue weighted by Gasteiger charge is 2.29. The highest BCUT2D eigenvalue weighted by molar-refractivity contribution is 5.85. The Kier molecular flexibility index (Phi) is 3.07. The molecule has 0 unspecified atom stereocenters. The van der Waals surface area contributed by atoms with Crippen LogP contribution in [0.1, 0.15) is 16.8 Å². The van der Waals surface area contributed by atoms with E-state index in [9.17, 15) is 0 Å². The van der Waals surface area contributed by atoms with Crippen LogP contribution >= 0.6 is 12.4 Å². The Balaban J connectivity index is 0.00000121. The number of fused-ring (bicyclic) bond motifs is 5. The third kappa shape index (κ3) is 1.76. The van der Waals surface area contributed by atoms with Crippen LogP contribution in [0.15, 0.2) is 16.7 Å². The standard InChI is InChI=1S/C13H15N5O.ClH/c1-7-4-8-11(17-19-13(8)14)12-9-5-15-3-2-10(9)16-18(12)6-7;/h15H,1-6,14H2;1H. The molecule has 2 aromatic heterocycles. The van der Waals surface area contributed by atoms with Crippen molar-refractivity contribution in [3.63, 3.8) is 0 Å². The normalized spacial score (nSPS) is 16.7. The fourth-order valence-electron chi connectivity index (χ4n) is 2.93. The van der Waals surface area contributed by atoms with Crippen LogP contribution in [0.4, 0.5) is 5.88 Å². The minimum Gasteiger partial charge on any atom is -0.367 e. The quantitative estimate of drug-likeness (QED) is 0.716. The molecule has 0 amide bonds. The average molecular weight is 294 g/mol. The number of nitrogens with one attached hydrogen (secondary N) is 1. The molecule has 0 atom stereocenters. The molecule has 0 fully saturated rings. The molecule has 2 aromatic rings. The van der Waals surface area contributed by atoms with Crippen LogP contribution in [-0.4, -0.2) is 21.5 Å². The fraction of sp³-hybridized carbons (Fsp3) is 0.385. The number of nitrogens with two attached hydrogens (primary N) is 1. The third-order valence-corrected chi connectivity index (χ3v) is 3.82. The van der Waals surface area contributed by atoms with Crippen molar-refractivity contribution in [1.82, 2.24) is 20.3 Å². The number of halogens is 1. The van der Waals surface area contributed by atoms with E-state index in [1.165, 1.54) is 5.56 Å². The molecule has 4 heterocycles. The first kappa shape index (κ1) is 13.2. The van der Waals surface area contributed by atoms with E-state index in [1.807, 2.05) is 4.68 Å². The number of hydrogen-bond acceptors (Lipinski definition) is 5. The lowest BCUT2D eigenvalue weighted by Crippen LogP contribution is -2.23. The van der Waals surface area contributed by atoms with Crippen molar-refractivity contribution in [3.8, 4) is 11.4 Å². The summed E-state index contributed by atoms with van der Waals surface area (Å²) in [6.45, 7) is 6.61. The smallest absolute Gasteiger partial charge is 0.226 e. The number of allylic oxidation sites excluding steroid dienone is 1. The van der Waals surface area contributed by atoms with Gasteiger partial charge in [0.2, 0.25) is 5.88 Å². The monoisotopic (exact) mass is 293 g/mol. The summed E-state index contributed by atoms with van der Waals surface area (Å²) in [6.07, 6.45) is 1.65. The van der Waals surface area contributed by atoms with Gasteiger partial charge in [-0.15, -0.1) is 12.4 Å². The Morgan fingerprint density at radius 2 is 2.20 bits per heavy atom. The van der Waals surface area contributed by atoms with Crippen LogP contribution in [0.2, 0.25) is 0 Å². The van der Waals surface area contributed by atoms with Crippen LogP contribution in [0, 0.1) is 0 Å².